The van der Waals surface area contributed by atoms with E-state index in [4.69, 9.17) is 0 Å². The Hall–Kier alpha value is -0.920. The largest absolute Gasteiger partial charge is 0.300 e. The highest BCUT2D eigenvalue weighted by Crippen LogP contribution is 2.63. The molecule has 0 heterocycles. The summed E-state index contributed by atoms with van der Waals surface area (Å²) >= 11 is 0. The molecule has 6 atom stereocenters. The molecular weight excluding hydrogens is 272 g/mol. The number of carbonyl (C=O) groups is 2. The van der Waals surface area contributed by atoms with Gasteiger partial charge in [0.25, 0.3) is 0 Å². The Morgan fingerprint density at radius 1 is 1.09 bits per heavy atom. The summed E-state index contributed by atoms with van der Waals surface area (Å²) in [6.45, 7) is 4.21. The van der Waals surface area contributed by atoms with E-state index in [9.17, 15) is 9.59 Å². The fourth-order valence-corrected chi connectivity index (χ4v) is 6.85. The van der Waals surface area contributed by atoms with Crippen molar-refractivity contribution in [3.8, 4) is 0 Å². The number of Topliss-reactive ketones (excluding diaryl/α,β-unsaturated/α-hetero) is 1. The molecule has 4 unspecified atom stereocenters. The molecule has 4 aliphatic rings. The molecule has 0 aliphatic heterocycles. The average Bonchev–Trinajstić information content (AvgIpc) is 2.84. The number of ketones is 2. The van der Waals surface area contributed by atoms with Crippen molar-refractivity contribution < 1.29 is 9.59 Å². The van der Waals surface area contributed by atoms with Crippen molar-refractivity contribution in [2.24, 2.45) is 35.0 Å². The van der Waals surface area contributed by atoms with Crippen molar-refractivity contribution in [1.82, 2.24) is 0 Å². The second-order valence-corrected chi connectivity index (χ2v) is 8.59. The summed E-state index contributed by atoms with van der Waals surface area (Å²) < 4.78 is 0. The summed E-state index contributed by atoms with van der Waals surface area (Å²) in [5.74, 6) is 4.10. The van der Waals surface area contributed by atoms with Crippen LogP contribution in [0.2, 0.25) is 0 Å². The minimum Gasteiger partial charge on any atom is -0.300 e. The van der Waals surface area contributed by atoms with Crippen LogP contribution in [0, 0.1) is 35.0 Å². The molecule has 0 spiro atoms. The van der Waals surface area contributed by atoms with E-state index in [0.29, 0.717) is 23.4 Å². The molecule has 2 heteroatoms. The molecule has 3 fully saturated rings. The first kappa shape index (κ1) is 14.7. The van der Waals surface area contributed by atoms with Crippen LogP contribution in [0.25, 0.3) is 0 Å². The van der Waals surface area contributed by atoms with Crippen LogP contribution >= 0.6 is 0 Å². The van der Waals surface area contributed by atoms with E-state index in [1.165, 1.54) is 31.3 Å². The van der Waals surface area contributed by atoms with Crippen LogP contribution in [-0.2, 0) is 9.59 Å². The fraction of sp³-hybridized carbons (Fsp3) is 0.800. The van der Waals surface area contributed by atoms with E-state index < -0.39 is 0 Å². The molecule has 120 valence electrons. The maximum Gasteiger partial charge on any atom is 0.155 e. The highest BCUT2D eigenvalue weighted by atomic mass is 16.1. The van der Waals surface area contributed by atoms with Crippen molar-refractivity contribution in [2.75, 3.05) is 0 Å². The lowest BCUT2D eigenvalue weighted by Crippen LogP contribution is -2.47. The summed E-state index contributed by atoms with van der Waals surface area (Å²) in [4.78, 5) is 23.8. The summed E-state index contributed by atoms with van der Waals surface area (Å²) in [6.07, 6.45) is 11.1. The van der Waals surface area contributed by atoms with Crippen molar-refractivity contribution in [3.63, 3.8) is 0 Å². The van der Waals surface area contributed by atoms with Crippen molar-refractivity contribution in [1.29, 1.82) is 0 Å². The topological polar surface area (TPSA) is 34.1 Å². The van der Waals surface area contributed by atoms with E-state index in [1.807, 2.05) is 6.08 Å². The van der Waals surface area contributed by atoms with Crippen LogP contribution in [0.3, 0.4) is 0 Å². The van der Waals surface area contributed by atoms with Crippen LogP contribution in [-0.4, -0.2) is 11.6 Å². The molecule has 0 radical (unpaired) electrons. The first-order valence-corrected chi connectivity index (χ1v) is 9.24. The minimum atomic E-state index is 0.263. The minimum absolute atomic E-state index is 0.263. The van der Waals surface area contributed by atoms with Crippen LogP contribution in [0.4, 0.5) is 0 Å². The zero-order valence-electron chi connectivity index (χ0n) is 13.9. The normalized spacial score (nSPS) is 47.3. The van der Waals surface area contributed by atoms with E-state index in [-0.39, 0.29) is 5.41 Å². The highest BCUT2D eigenvalue weighted by Gasteiger charge is 2.57. The van der Waals surface area contributed by atoms with Crippen molar-refractivity contribution in [2.45, 2.75) is 65.2 Å². The number of allylic oxidation sites excluding steroid dienone is 1. The van der Waals surface area contributed by atoms with Crippen LogP contribution < -0.4 is 0 Å². The SMILES string of the molecule is CC(=O)[C@H]1CCC2C3CCC4=CC(=O)CCC4C3CC[C@@]21C. The molecule has 4 rings (SSSR count). The second kappa shape index (κ2) is 5.04. The van der Waals surface area contributed by atoms with Gasteiger partial charge in [0.05, 0.1) is 0 Å². The monoisotopic (exact) mass is 300 g/mol. The van der Waals surface area contributed by atoms with Gasteiger partial charge in [-0.1, -0.05) is 12.5 Å². The third kappa shape index (κ3) is 1.98. The van der Waals surface area contributed by atoms with Crippen LogP contribution in [0.1, 0.15) is 65.2 Å². The molecule has 22 heavy (non-hydrogen) atoms. The first-order valence-electron chi connectivity index (χ1n) is 9.24. The number of hydrogen-bond donors (Lipinski definition) is 0. The lowest BCUT2D eigenvalue weighted by atomic mass is 9.51. The Balaban J connectivity index is 1.62. The summed E-state index contributed by atoms with van der Waals surface area (Å²) in [7, 11) is 0. The standard InChI is InChI=1S/C20H28O2/c1-12(21)18-7-8-19-17-5-3-13-11-14(22)4-6-15(13)16(17)9-10-20(18,19)2/h11,15-19H,3-10H2,1-2H3/t15?,16?,17?,18-,19?,20-/m1/s1. The van der Waals surface area contributed by atoms with E-state index in [0.717, 1.165) is 43.4 Å². The predicted molar refractivity (Wildman–Crippen MR) is 86.3 cm³/mol. The number of carbonyl (C=O) groups excluding carboxylic acids is 2. The Morgan fingerprint density at radius 3 is 2.68 bits per heavy atom. The lowest BCUT2D eigenvalue weighted by Gasteiger charge is -2.53. The van der Waals surface area contributed by atoms with Crippen LogP contribution in [0.15, 0.2) is 11.6 Å². The quantitative estimate of drug-likeness (QED) is 0.722. The van der Waals surface area contributed by atoms with Gasteiger partial charge in [0.2, 0.25) is 0 Å². The van der Waals surface area contributed by atoms with Crippen molar-refractivity contribution >= 4 is 11.6 Å². The van der Waals surface area contributed by atoms with Gasteiger partial charge >= 0.3 is 0 Å². The number of fused-ring (bicyclic) bond motifs is 5. The molecule has 0 aromatic rings. The second-order valence-electron chi connectivity index (χ2n) is 8.59. The van der Waals surface area contributed by atoms with E-state index in [2.05, 4.69) is 6.92 Å². The van der Waals surface area contributed by atoms with Gasteiger partial charge in [-0.05, 0) is 87.0 Å². The van der Waals surface area contributed by atoms with Gasteiger partial charge < -0.3 is 0 Å². The molecule has 0 aromatic heterocycles. The molecule has 0 N–H and O–H groups in total. The van der Waals surface area contributed by atoms with Gasteiger partial charge in [-0.25, -0.2) is 0 Å². The van der Waals surface area contributed by atoms with Gasteiger partial charge in [0.1, 0.15) is 5.78 Å². The Labute approximate surface area is 133 Å². The molecule has 0 aromatic carbocycles. The van der Waals surface area contributed by atoms with E-state index in [1.54, 1.807) is 6.92 Å². The first-order chi connectivity index (χ1) is 10.5. The Morgan fingerprint density at radius 2 is 1.91 bits per heavy atom. The third-order valence-electron chi connectivity index (χ3n) is 7.79. The van der Waals surface area contributed by atoms with Gasteiger partial charge in [-0.2, -0.15) is 0 Å². The smallest absolute Gasteiger partial charge is 0.155 e. The molecule has 4 aliphatic carbocycles. The molecule has 0 saturated heterocycles. The van der Waals surface area contributed by atoms with Gasteiger partial charge in [0, 0.05) is 12.3 Å². The zero-order chi connectivity index (χ0) is 15.5. The Kier molecular flexibility index (Phi) is 3.36. The predicted octanol–water partition coefficient (Wildman–Crippen LogP) is 4.33. The molecule has 2 nitrogen and oxygen atoms in total. The molecule has 0 bridgehead atoms. The summed E-state index contributed by atoms with van der Waals surface area (Å²) in [5.41, 5.74) is 1.72. The van der Waals surface area contributed by atoms with Gasteiger partial charge in [-0.15, -0.1) is 0 Å². The number of rotatable bonds is 1. The Bertz CT molecular complexity index is 546. The zero-order valence-corrected chi connectivity index (χ0v) is 13.9. The van der Waals surface area contributed by atoms with Gasteiger partial charge in [-0.3, -0.25) is 9.59 Å². The van der Waals surface area contributed by atoms with Crippen LogP contribution in [0.5, 0.6) is 0 Å². The highest BCUT2D eigenvalue weighted by molar-refractivity contribution is 5.91. The summed E-state index contributed by atoms with van der Waals surface area (Å²) in [5, 5.41) is 0. The molecule has 0 amide bonds. The molecule has 3 saturated carbocycles. The van der Waals surface area contributed by atoms with Crippen molar-refractivity contribution in [3.05, 3.63) is 11.6 Å². The molecular formula is C20H28O2. The number of hydrogen-bond acceptors (Lipinski definition) is 2. The third-order valence-corrected chi connectivity index (χ3v) is 7.79. The van der Waals surface area contributed by atoms with Gasteiger partial charge in [0.15, 0.2) is 5.78 Å². The maximum absolute atomic E-state index is 12.1. The maximum atomic E-state index is 12.1. The summed E-state index contributed by atoms with van der Waals surface area (Å²) in [6, 6.07) is 0. The fourth-order valence-electron chi connectivity index (χ4n) is 6.85. The van der Waals surface area contributed by atoms with E-state index >= 15 is 0 Å². The lowest BCUT2D eigenvalue weighted by molar-refractivity contribution is -0.127. The average molecular weight is 300 g/mol.